The van der Waals surface area contributed by atoms with E-state index >= 15 is 0 Å². The largest absolute Gasteiger partial charge is 0.369 e. The third kappa shape index (κ3) is 1.48. The fraction of sp³-hybridized carbons (Fsp3) is 0.300. The number of hydrogen-bond acceptors (Lipinski definition) is 4. The van der Waals surface area contributed by atoms with E-state index in [-0.39, 0.29) is 0 Å². The van der Waals surface area contributed by atoms with Crippen LogP contribution in [-0.2, 0) is 0 Å². The molecule has 15 heavy (non-hydrogen) atoms. The molecule has 78 valence electrons. The molecule has 1 aliphatic heterocycles. The molecule has 5 heteroatoms. The molecule has 1 saturated heterocycles. The lowest BCUT2D eigenvalue weighted by Gasteiger charge is -2.09. The van der Waals surface area contributed by atoms with E-state index in [1.165, 1.54) is 5.56 Å². The van der Waals surface area contributed by atoms with Crippen LogP contribution in [0.5, 0.6) is 0 Å². The highest BCUT2D eigenvalue weighted by atomic mass is 32.2. The number of aromatic nitrogens is 2. The highest BCUT2D eigenvalue weighted by Gasteiger charge is 2.20. The number of nitrogens with zero attached hydrogens (tertiary/aromatic N) is 1. The first kappa shape index (κ1) is 9.06. The van der Waals surface area contributed by atoms with E-state index in [9.17, 15) is 0 Å². The van der Waals surface area contributed by atoms with Crippen molar-refractivity contribution in [2.75, 3.05) is 18.0 Å². The quantitative estimate of drug-likeness (QED) is 0.681. The first-order valence-corrected chi connectivity index (χ1v) is 5.98. The molecule has 1 atom stereocenters. The van der Waals surface area contributed by atoms with Crippen LogP contribution in [0.1, 0.15) is 10.9 Å². The number of fused-ring (bicyclic) bond motifs is 1. The summed E-state index contributed by atoms with van der Waals surface area (Å²) in [5, 5.41) is 3.80. The third-order valence-electron chi connectivity index (χ3n) is 2.56. The van der Waals surface area contributed by atoms with Crippen molar-refractivity contribution >= 4 is 28.7 Å². The Morgan fingerprint density at radius 2 is 2.40 bits per heavy atom. The summed E-state index contributed by atoms with van der Waals surface area (Å²) in [6.07, 6.45) is 0. The second-order valence-electron chi connectivity index (χ2n) is 3.57. The SMILES string of the molecule is Nc1nc2c(C3NCCS3)cccc2[nH]1. The zero-order valence-corrected chi connectivity index (χ0v) is 8.97. The monoisotopic (exact) mass is 220 g/mol. The number of hydrogen-bond donors (Lipinski definition) is 3. The number of benzene rings is 1. The predicted octanol–water partition coefficient (Wildman–Crippen LogP) is 1.48. The number of rotatable bonds is 1. The van der Waals surface area contributed by atoms with E-state index in [0.717, 1.165) is 23.3 Å². The van der Waals surface area contributed by atoms with Crippen LogP contribution in [0, 0.1) is 0 Å². The molecule has 1 aromatic carbocycles. The van der Waals surface area contributed by atoms with Crippen LogP contribution >= 0.6 is 11.8 Å². The maximum Gasteiger partial charge on any atom is 0.198 e. The van der Waals surface area contributed by atoms with Gasteiger partial charge in [0.15, 0.2) is 5.95 Å². The van der Waals surface area contributed by atoms with Crippen LogP contribution < -0.4 is 11.1 Å². The Morgan fingerprint density at radius 1 is 1.47 bits per heavy atom. The lowest BCUT2D eigenvalue weighted by Crippen LogP contribution is -2.12. The lowest BCUT2D eigenvalue weighted by molar-refractivity contribution is 0.754. The smallest absolute Gasteiger partial charge is 0.198 e. The fourth-order valence-electron chi connectivity index (χ4n) is 1.91. The van der Waals surface area contributed by atoms with E-state index in [1.54, 1.807) is 0 Å². The van der Waals surface area contributed by atoms with Crippen LogP contribution in [0.4, 0.5) is 5.95 Å². The predicted molar refractivity (Wildman–Crippen MR) is 63.7 cm³/mol. The van der Waals surface area contributed by atoms with E-state index in [0.29, 0.717) is 11.3 Å². The maximum atomic E-state index is 5.66. The summed E-state index contributed by atoms with van der Waals surface area (Å²) in [5.74, 6) is 1.64. The van der Waals surface area contributed by atoms with Gasteiger partial charge in [0.2, 0.25) is 0 Å². The number of nitrogens with two attached hydrogens (primary N) is 1. The Morgan fingerprint density at radius 3 is 3.20 bits per heavy atom. The maximum absolute atomic E-state index is 5.66. The van der Waals surface area contributed by atoms with Crippen molar-refractivity contribution in [2.45, 2.75) is 5.37 Å². The van der Waals surface area contributed by atoms with Crippen LogP contribution in [-0.4, -0.2) is 22.3 Å². The number of H-pyrrole nitrogens is 1. The van der Waals surface area contributed by atoms with Gasteiger partial charge in [0, 0.05) is 17.9 Å². The minimum absolute atomic E-state index is 0.358. The number of thioether (sulfide) groups is 1. The van der Waals surface area contributed by atoms with Gasteiger partial charge in [-0.05, 0) is 6.07 Å². The molecule has 2 aromatic rings. The number of anilines is 1. The molecule has 3 rings (SSSR count). The van der Waals surface area contributed by atoms with Crippen molar-refractivity contribution in [3.63, 3.8) is 0 Å². The van der Waals surface area contributed by atoms with Crippen molar-refractivity contribution in [3.05, 3.63) is 23.8 Å². The minimum atomic E-state index is 0.358. The van der Waals surface area contributed by atoms with Crippen molar-refractivity contribution in [1.29, 1.82) is 0 Å². The Balaban J connectivity index is 2.16. The normalized spacial score (nSPS) is 21.2. The van der Waals surface area contributed by atoms with Crippen LogP contribution in [0.3, 0.4) is 0 Å². The molecule has 1 aromatic heterocycles. The van der Waals surface area contributed by atoms with Crippen molar-refractivity contribution in [3.8, 4) is 0 Å². The highest BCUT2D eigenvalue weighted by molar-refractivity contribution is 7.99. The van der Waals surface area contributed by atoms with Crippen molar-refractivity contribution in [1.82, 2.24) is 15.3 Å². The summed E-state index contributed by atoms with van der Waals surface area (Å²) in [7, 11) is 0. The van der Waals surface area contributed by atoms with Crippen molar-refractivity contribution < 1.29 is 0 Å². The van der Waals surface area contributed by atoms with Gasteiger partial charge >= 0.3 is 0 Å². The molecular formula is C10H12N4S. The molecule has 0 radical (unpaired) electrons. The number of imidazole rings is 1. The summed E-state index contributed by atoms with van der Waals surface area (Å²) in [5.41, 5.74) is 8.89. The molecule has 4 nitrogen and oxygen atoms in total. The molecular weight excluding hydrogens is 208 g/mol. The van der Waals surface area contributed by atoms with Gasteiger partial charge in [0.1, 0.15) is 0 Å². The van der Waals surface area contributed by atoms with E-state index < -0.39 is 0 Å². The standard InChI is InChI=1S/C10H12N4S/c11-10-13-7-3-1-2-6(8(7)14-10)9-12-4-5-15-9/h1-3,9,12H,4-5H2,(H3,11,13,14). The fourth-order valence-corrected chi connectivity index (χ4v) is 2.99. The molecule has 1 fully saturated rings. The van der Waals surface area contributed by atoms with Crippen molar-refractivity contribution in [2.24, 2.45) is 0 Å². The van der Waals surface area contributed by atoms with E-state index in [4.69, 9.17) is 5.73 Å². The molecule has 4 N–H and O–H groups in total. The number of aromatic amines is 1. The number of nitrogen functional groups attached to an aromatic ring is 1. The van der Waals surface area contributed by atoms with Gasteiger partial charge < -0.3 is 16.0 Å². The first-order valence-electron chi connectivity index (χ1n) is 4.94. The summed E-state index contributed by atoms with van der Waals surface area (Å²) >= 11 is 1.91. The summed E-state index contributed by atoms with van der Waals surface area (Å²) in [4.78, 5) is 7.38. The number of nitrogens with one attached hydrogen (secondary N) is 2. The van der Waals surface area contributed by atoms with Gasteiger partial charge in [0.05, 0.1) is 16.4 Å². The van der Waals surface area contributed by atoms with Gasteiger partial charge in [-0.1, -0.05) is 12.1 Å². The van der Waals surface area contributed by atoms with E-state index in [2.05, 4.69) is 21.4 Å². The van der Waals surface area contributed by atoms with Crippen LogP contribution in [0.15, 0.2) is 18.2 Å². The molecule has 0 saturated carbocycles. The van der Waals surface area contributed by atoms with Gasteiger partial charge in [-0.25, -0.2) is 4.98 Å². The lowest BCUT2D eigenvalue weighted by atomic mass is 10.2. The molecule has 1 aliphatic rings. The van der Waals surface area contributed by atoms with Gasteiger partial charge in [-0.2, -0.15) is 0 Å². The molecule has 2 heterocycles. The topological polar surface area (TPSA) is 66.7 Å². The Hall–Kier alpha value is -1.20. The third-order valence-corrected chi connectivity index (χ3v) is 3.75. The molecule has 0 amide bonds. The molecule has 0 spiro atoms. The summed E-state index contributed by atoms with van der Waals surface area (Å²) in [6.45, 7) is 1.06. The average molecular weight is 220 g/mol. The zero-order valence-electron chi connectivity index (χ0n) is 8.16. The highest BCUT2D eigenvalue weighted by Crippen LogP contribution is 2.33. The van der Waals surface area contributed by atoms with Gasteiger partial charge in [-0.3, -0.25) is 0 Å². The molecule has 0 aliphatic carbocycles. The minimum Gasteiger partial charge on any atom is -0.369 e. The first-order chi connectivity index (χ1) is 7.34. The van der Waals surface area contributed by atoms with Crippen LogP contribution in [0.2, 0.25) is 0 Å². The Bertz CT molecular complexity index is 487. The second-order valence-corrected chi connectivity index (χ2v) is 4.78. The number of para-hydroxylation sites is 1. The summed E-state index contributed by atoms with van der Waals surface area (Å²) in [6, 6.07) is 6.15. The van der Waals surface area contributed by atoms with Gasteiger partial charge in [0.25, 0.3) is 0 Å². The molecule has 1 unspecified atom stereocenters. The molecule has 0 bridgehead atoms. The zero-order chi connectivity index (χ0) is 10.3. The Labute approximate surface area is 91.6 Å². The Kier molecular flexibility index (Phi) is 2.07. The average Bonchev–Trinajstić information content (AvgIpc) is 2.82. The van der Waals surface area contributed by atoms with E-state index in [1.807, 2.05) is 23.9 Å². The second kappa shape index (κ2) is 3.43. The van der Waals surface area contributed by atoms with Gasteiger partial charge in [-0.15, -0.1) is 11.8 Å². The summed E-state index contributed by atoms with van der Waals surface area (Å²) < 4.78 is 0. The van der Waals surface area contributed by atoms with Crippen LogP contribution in [0.25, 0.3) is 11.0 Å².